The Labute approximate surface area is 347 Å². The summed E-state index contributed by atoms with van der Waals surface area (Å²) in [5.41, 5.74) is 21.3. The molecule has 0 bridgehead atoms. The van der Waals surface area contributed by atoms with Crippen LogP contribution < -0.4 is 4.90 Å². The van der Waals surface area contributed by atoms with Gasteiger partial charge in [0, 0.05) is 37.7 Å². The highest BCUT2D eigenvalue weighted by molar-refractivity contribution is 7.99. The molecular weight excluding hydrogens is 719 g/mol. The third-order valence-electron chi connectivity index (χ3n) is 13.7. The van der Waals surface area contributed by atoms with Crippen molar-refractivity contribution in [3.63, 3.8) is 0 Å². The van der Waals surface area contributed by atoms with Crippen molar-refractivity contribution in [1.82, 2.24) is 0 Å². The molecule has 0 amide bonds. The Balaban J connectivity index is 1.19. The Hall–Kier alpha value is -6.09. The van der Waals surface area contributed by atoms with Gasteiger partial charge in [-0.25, -0.2) is 0 Å². The summed E-state index contributed by atoms with van der Waals surface area (Å²) < 4.78 is 0. The van der Waals surface area contributed by atoms with E-state index in [2.05, 4.69) is 210 Å². The van der Waals surface area contributed by atoms with Crippen LogP contribution in [0.4, 0.5) is 17.1 Å². The molecular formula is C56H45NS. The molecule has 1 nitrogen and oxygen atoms in total. The van der Waals surface area contributed by atoms with E-state index < -0.39 is 5.41 Å². The molecule has 2 heteroatoms. The lowest BCUT2D eigenvalue weighted by Gasteiger charge is -2.40. The van der Waals surface area contributed by atoms with Gasteiger partial charge in [-0.2, -0.15) is 0 Å². The van der Waals surface area contributed by atoms with Crippen molar-refractivity contribution in [2.24, 2.45) is 0 Å². The molecule has 58 heavy (non-hydrogen) atoms. The monoisotopic (exact) mass is 763 g/mol. The Bertz CT molecular complexity index is 2930. The van der Waals surface area contributed by atoms with E-state index >= 15 is 0 Å². The van der Waals surface area contributed by atoms with E-state index in [1.165, 1.54) is 87.7 Å². The largest absolute Gasteiger partial charge is 0.310 e. The second-order valence-corrected chi connectivity index (χ2v) is 18.3. The third-order valence-corrected chi connectivity index (χ3v) is 14.8. The highest BCUT2D eigenvalue weighted by Gasteiger charge is 2.50. The van der Waals surface area contributed by atoms with Gasteiger partial charge in [-0.15, -0.1) is 0 Å². The minimum Gasteiger partial charge on any atom is -0.310 e. The molecule has 0 N–H and O–H groups in total. The van der Waals surface area contributed by atoms with Crippen LogP contribution in [0.25, 0.3) is 27.8 Å². The van der Waals surface area contributed by atoms with Crippen molar-refractivity contribution < 1.29 is 0 Å². The van der Waals surface area contributed by atoms with Crippen LogP contribution in [-0.2, 0) is 16.2 Å². The number of anilines is 3. The first-order chi connectivity index (χ1) is 28.2. The van der Waals surface area contributed by atoms with Crippen LogP contribution in [0.1, 0.15) is 79.1 Å². The van der Waals surface area contributed by atoms with Gasteiger partial charge in [0.25, 0.3) is 0 Å². The van der Waals surface area contributed by atoms with E-state index in [0.29, 0.717) is 0 Å². The molecule has 1 aliphatic heterocycles. The summed E-state index contributed by atoms with van der Waals surface area (Å²) in [7, 11) is 0. The molecule has 7 aromatic rings. The normalized spacial score (nSPS) is 17.9. The van der Waals surface area contributed by atoms with Crippen LogP contribution in [0, 0.1) is 0 Å². The van der Waals surface area contributed by atoms with Gasteiger partial charge in [0.05, 0.1) is 5.41 Å². The number of benzene rings is 7. The lowest BCUT2D eigenvalue weighted by Crippen LogP contribution is -2.32. The van der Waals surface area contributed by atoms with Crippen molar-refractivity contribution in [2.75, 3.05) is 4.90 Å². The van der Waals surface area contributed by atoms with Crippen LogP contribution in [0.3, 0.4) is 0 Å². The van der Waals surface area contributed by atoms with Crippen LogP contribution in [0.5, 0.6) is 0 Å². The predicted molar refractivity (Wildman–Crippen MR) is 245 cm³/mol. The lowest BCUT2D eigenvalue weighted by molar-refractivity contribution is 0.659. The van der Waals surface area contributed by atoms with Gasteiger partial charge in [-0.3, -0.25) is 0 Å². The molecule has 1 spiro atoms. The minimum atomic E-state index is -0.460. The molecule has 7 aromatic carbocycles. The molecule has 0 unspecified atom stereocenters. The average molecular weight is 764 g/mol. The fraction of sp³-hybridized carbons (Fsp3) is 0.143. The number of rotatable bonds is 4. The standard InChI is InChI=1S/C56H45NS/c1-7-17-38-41-29-26-35(32-49(41)54(3,4)44(38)8-2)57(36-27-30-42-39-18-9-11-20-45(39)55(5,6)50(42)33-36)37-28-31-43-40-19-10-12-21-46(40)56(51(43)34-37)47-22-13-15-24-52(47)58-53-25-16-14-23-48(53)56/h7-34H,1H2,2-6H3/b38-17?,44-8+. The summed E-state index contributed by atoms with van der Waals surface area (Å²) in [6.45, 7) is 15.7. The minimum absolute atomic E-state index is 0.129. The number of hydrogen-bond acceptors (Lipinski definition) is 2. The van der Waals surface area contributed by atoms with E-state index in [4.69, 9.17) is 0 Å². The quantitative estimate of drug-likeness (QED) is 0.176. The van der Waals surface area contributed by atoms with E-state index in [0.717, 1.165) is 17.1 Å². The lowest BCUT2D eigenvalue weighted by atomic mass is 9.67. The highest BCUT2D eigenvalue weighted by atomic mass is 32.2. The number of fused-ring (bicyclic) bond motifs is 13. The van der Waals surface area contributed by atoms with Gasteiger partial charge in [-0.1, -0.05) is 167 Å². The fourth-order valence-electron chi connectivity index (χ4n) is 11.1. The molecule has 1 heterocycles. The van der Waals surface area contributed by atoms with E-state index in [-0.39, 0.29) is 10.8 Å². The zero-order chi connectivity index (χ0) is 39.6. The molecule has 4 aliphatic rings. The Morgan fingerprint density at radius 3 is 1.50 bits per heavy atom. The number of allylic oxidation sites excluding steroid dienone is 5. The molecule has 0 radical (unpaired) electrons. The van der Waals surface area contributed by atoms with E-state index in [1.54, 1.807) is 0 Å². The van der Waals surface area contributed by atoms with Crippen molar-refractivity contribution >= 4 is 34.4 Å². The molecule has 0 fully saturated rings. The SMILES string of the molecule is C=CC=C1/C(=C\C)C(C)(C)c2cc(N(c3ccc4c(c3)C(C)(C)c3ccccc3-4)c3ccc4c(c3)C3(c5ccccc5Sc5ccccc53)c3ccccc3-4)ccc21. The summed E-state index contributed by atoms with van der Waals surface area (Å²) in [6, 6.07) is 57.8. The first-order valence-electron chi connectivity index (χ1n) is 20.5. The molecule has 280 valence electrons. The van der Waals surface area contributed by atoms with Crippen LogP contribution >= 0.6 is 11.8 Å². The first-order valence-corrected chi connectivity index (χ1v) is 21.3. The molecule has 0 saturated carbocycles. The second-order valence-electron chi connectivity index (χ2n) is 17.2. The number of nitrogens with zero attached hydrogens (tertiary/aromatic N) is 1. The van der Waals surface area contributed by atoms with Gasteiger partial charge in [0.15, 0.2) is 0 Å². The van der Waals surface area contributed by atoms with Gasteiger partial charge >= 0.3 is 0 Å². The summed E-state index contributed by atoms with van der Waals surface area (Å²) >= 11 is 1.89. The van der Waals surface area contributed by atoms with Gasteiger partial charge in [-0.05, 0) is 133 Å². The van der Waals surface area contributed by atoms with Crippen molar-refractivity contribution in [3.8, 4) is 22.3 Å². The van der Waals surface area contributed by atoms with Crippen molar-refractivity contribution in [2.45, 2.75) is 60.7 Å². The first kappa shape index (κ1) is 35.1. The summed E-state index contributed by atoms with van der Waals surface area (Å²) in [5, 5.41) is 0. The van der Waals surface area contributed by atoms with Crippen LogP contribution in [-0.4, -0.2) is 0 Å². The second kappa shape index (κ2) is 12.5. The zero-order valence-corrected chi connectivity index (χ0v) is 34.5. The summed E-state index contributed by atoms with van der Waals surface area (Å²) in [4.78, 5) is 5.15. The smallest absolute Gasteiger partial charge is 0.0736 e. The fourth-order valence-corrected chi connectivity index (χ4v) is 12.3. The maximum atomic E-state index is 4.09. The van der Waals surface area contributed by atoms with Crippen LogP contribution in [0.15, 0.2) is 192 Å². The topological polar surface area (TPSA) is 3.24 Å². The Morgan fingerprint density at radius 1 is 0.466 bits per heavy atom. The van der Waals surface area contributed by atoms with E-state index in [9.17, 15) is 0 Å². The van der Waals surface area contributed by atoms with Crippen molar-refractivity contribution in [1.29, 1.82) is 0 Å². The maximum absolute atomic E-state index is 4.09. The maximum Gasteiger partial charge on any atom is 0.0736 e. The van der Waals surface area contributed by atoms with Gasteiger partial charge in [0.2, 0.25) is 0 Å². The molecule has 0 saturated heterocycles. The van der Waals surface area contributed by atoms with Gasteiger partial charge < -0.3 is 4.90 Å². The Morgan fingerprint density at radius 2 is 0.914 bits per heavy atom. The summed E-state index contributed by atoms with van der Waals surface area (Å²) in [5.74, 6) is 0. The molecule has 0 atom stereocenters. The predicted octanol–water partition coefficient (Wildman–Crippen LogP) is 15.1. The molecule has 11 rings (SSSR count). The zero-order valence-electron chi connectivity index (χ0n) is 33.7. The average Bonchev–Trinajstić information content (AvgIpc) is 3.75. The molecule has 3 aliphatic carbocycles. The Kier molecular flexibility index (Phi) is 7.54. The third kappa shape index (κ3) is 4.55. The highest BCUT2D eigenvalue weighted by Crippen LogP contribution is 2.63. The molecule has 0 aromatic heterocycles. The van der Waals surface area contributed by atoms with Crippen molar-refractivity contribution in [3.05, 3.63) is 227 Å². The van der Waals surface area contributed by atoms with Gasteiger partial charge in [0.1, 0.15) is 0 Å². The van der Waals surface area contributed by atoms with Crippen LogP contribution in [0.2, 0.25) is 0 Å². The summed E-state index contributed by atoms with van der Waals surface area (Å²) in [6.07, 6.45) is 6.38. The number of hydrogen-bond donors (Lipinski definition) is 0. The van der Waals surface area contributed by atoms with E-state index in [1.807, 2.05) is 17.8 Å².